The molecule has 2 aromatic heterocycles. The lowest BCUT2D eigenvalue weighted by Gasteiger charge is -1.98. The Morgan fingerprint density at radius 3 is 3.11 bits per heavy atom. The molecule has 0 aliphatic carbocycles. The number of aromatic nitrogens is 2. The monoisotopic (exact) mass is 253 g/mol. The van der Waals surface area contributed by atoms with Gasteiger partial charge in [0.15, 0.2) is 11.2 Å². The maximum atomic E-state index is 11.2. The van der Waals surface area contributed by atoms with Gasteiger partial charge in [-0.1, -0.05) is 12.1 Å². The first-order valence-electron chi connectivity index (χ1n) is 5.25. The standard InChI is InChI=1S/C13H7N3OS/c14-7-9-2-1-3-10(6-9)12-11(8-17)16-4-5-18-13(16)15-12/h1-6,8H. The van der Waals surface area contributed by atoms with E-state index in [-0.39, 0.29) is 0 Å². The van der Waals surface area contributed by atoms with Crippen molar-refractivity contribution in [1.82, 2.24) is 9.38 Å². The van der Waals surface area contributed by atoms with Gasteiger partial charge >= 0.3 is 0 Å². The number of imidazole rings is 1. The Labute approximate surface area is 107 Å². The fourth-order valence-electron chi connectivity index (χ4n) is 1.86. The lowest BCUT2D eigenvalue weighted by molar-refractivity contribution is 0.111. The molecule has 0 N–H and O–H groups in total. The number of aldehydes is 1. The molecule has 2 heterocycles. The fourth-order valence-corrected chi connectivity index (χ4v) is 2.59. The summed E-state index contributed by atoms with van der Waals surface area (Å²) in [7, 11) is 0. The third-order valence-corrected chi connectivity index (χ3v) is 3.43. The Balaban J connectivity index is 2.27. The van der Waals surface area contributed by atoms with E-state index in [4.69, 9.17) is 5.26 Å². The van der Waals surface area contributed by atoms with Crippen LogP contribution in [0.1, 0.15) is 16.1 Å². The molecule has 4 nitrogen and oxygen atoms in total. The molecule has 0 unspecified atom stereocenters. The molecule has 5 heteroatoms. The van der Waals surface area contributed by atoms with Crippen LogP contribution < -0.4 is 0 Å². The maximum absolute atomic E-state index is 11.2. The van der Waals surface area contributed by atoms with Gasteiger partial charge in [0.05, 0.1) is 11.6 Å². The molecular weight excluding hydrogens is 246 g/mol. The highest BCUT2D eigenvalue weighted by atomic mass is 32.1. The van der Waals surface area contributed by atoms with E-state index in [0.717, 1.165) is 16.8 Å². The first-order valence-corrected chi connectivity index (χ1v) is 6.12. The normalized spacial score (nSPS) is 10.4. The summed E-state index contributed by atoms with van der Waals surface area (Å²) in [4.78, 5) is 16.4. The Bertz CT molecular complexity index is 779. The summed E-state index contributed by atoms with van der Waals surface area (Å²) in [5.41, 5.74) is 2.48. The van der Waals surface area contributed by atoms with E-state index in [1.165, 1.54) is 11.3 Å². The van der Waals surface area contributed by atoms with Gasteiger partial charge in [0.2, 0.25) is 0 Å². The Morgan fingerprint density at radius 2 is 2.33 bits per heavy atom. The average molecular weight is 253 g/mol. The van der Waals surface area contributed by atoms with Crippen molar-refractivity contribution in [2.24, 2.45) is 0 Å². The molecule has 0 spiro atoms. The van der Waals surface area contributed by atoms with Gasteiger partial charge in [0, 0.05) is 17.1 Å². The predicted octanol–water partition coefficient (Wildman–Crippen LogP) is 2.75. The fraction of sp³-hybridized carbons (Fsp3) is 0. The maximum Gasteiger partial charge on any atom is 0.194 e. The van der Waals surface area contributed by atoms with Crippen molar-refractivity contribution < 1.29 is 4.79 Å². The minimum Gasteiger partial charge on any atom is -0.296 e. The van der Waals surface area contributed by atoms with Crippen LogP contribution in [0.4, 0.5) is 0 Å². The second-order valence-corrected chi connectivity index (χ2v) is 4.58. The van der Waals surface area contributed by atoms with Gasteiger partial charge in [-0.05, 0) is 12.1 Å². The van der Waals surface area contributed by atoms with Crippen LogP contribution >= 0.6 is 11.3 Å². The highest BCUT2D eigenvalue weighted by Crippen LogP contribution is 2.26. The van der Waals surface area contributed by atoms with Gasteiger partial charge in [0.1, 0.15) is 11.4 Å². The Kier molecular flexibility index (Phi) is 2.43. The van der Waals surface area contributed by atoms with Crippen LogP contribution in [0.3, 0.4) is 0 Å². The van der Waals surface area contributed by atoms with Crippen LogP contribution in [0.15, 0.2) is 35.8 Å². The number of carbonyl (C=O) groups is 1. The van der Waals surface area contributed by atoms with Crippen LogP contribution in [-0.4, -0.2) is 15.7 Å². The van der Waals surface area contributed by atoms with Crippen LogP contribution in [0, 0.1) is 11.3 Å². The summed E-state index contributed by atoms with van der Waals surface area (Å²) in [5.74, 6) is 0. The summed E-state index contributed by atoms with van der Waals surface area (Å²) in [6.45, 7) is 0. The van der Waals surface area contributed by atoms with Crippen molar-refractivity contribution in [3.8, 4) is 17.3 Å². The summed E-state index contributed by atoms with van der Waals surface area (Å²) < 4.78 is 1.76. The first kappa shape index (κ1) is 10.7. The van der Waals surface area contributed by atoms with E-state index < -0.39 is 0 Å². The van der Waals surface area contributed by atoms with E-state index in [1.807, 2.05) is 17.6 Å². The van der Waals surface area contributed by atoms with Crippen LogP contribution in [0.25, 0.3) is 16.2 Å². The third-order valence-electron chi connectivity index (χ3n) is 2.68. The van der Waals surface area contributed by atoms with Crippen LogP contribution in [-0.2, 0) is 0 Å². The van der Waals surface area contributed by atoms with Gasteiger partial charge in [-0.3, -0.25) is 9.20 Å². The van der Waals surface area contributed by atoms with Gasteiger partial charge in [-0.25, -0.2) is 4.98 Å². The number of rotatable bonds is 2. The summed E-state index contributed by atoms with van der Waals surface area (Å²) >= 11 is 1.47. The topological polar surface area (TPSA) is 58.2 Å². The van der Waals surface area contributed by atoms with E-state index in [2.05, 4.69) is 11.1 Å². The molecule has 3 aromatic rings. The third kappa shape index (κ3) is 1.51. The van der Waals surface area contributed by atoms with Crippen molar-refractivity contribution in [1.29, 1.82) is 5.26 Å². The molecule has 0 fully saturated rings. The molecule has 0 aliphatic rings. The molecule has 0 radical (unpaired) electrons. The second kappa shape index (κ2) is 4.09. The van der Waals surface area contributed by atoms with E-state index in [1.54, 1.807) is 22.6 Å². The molecule has 0 aliphatic heterocycles. The summed E-state index contributed by atoms with van der Waals surface area (Å²) in [6.07, 6.45) is 2.61. The molecule has 0 atom stereocenters. The zero-order valence-electron chi connectivity index (χ0n) is 9.20. The smallest absolute Gasteiger partial charge is 0.194 e. The molecule has 0 saturated carbocycles. The Morgan fingerprint density at radius 1 is 1.44 bits per heavy atom. The number of fused-ring (bicyclic) bond motifs is 1. The van der Waals surface area contributed by atoms with Gasteiger partial charge in [-0.2, -0.15) is 5.26 Å². The minimum atomic E-state index is 0.515. The van der Waals surface area contributed by atoms with Crippen molar-refractivity contribution in [3.63, 3.8) is 0 Å². The highest BCUT2D eigenvalue weighted by molar-refractivity contribution is 7.15. The average Bonchev–Trinajstić information content (AvgIpc) is 2.98. The van der Waals surface area contributed by atoms with E-state index >= 15 is 0 Å². The lowest BCUT2D eigenvalue weighted by atomic mass is 10.1. The van der Waals surface area contributed by atoms with Crippen LogP contribution in [0.5, 0.6) is 0 Å². The number of hydrogen-bond donors (Lipinski definition) is 0. The predicted molar refractivity (Wildman–Crippen MR) is 68.6 cm³/mol. The van der Waals surface area contributed by atoms with Crippen LogP contribution in [0.2, 0.25) is 0 Å². The molecule has 0 saturated heterocycles. The largest absolute Gasteiger partial charge is 0.296 e. The summed E-state index contributed by atoms with van der Waals surface area (Å²) in [5, 5.41) is 10.8. The number of thiazole rings is 1. The number of nitriles is 1. The number of hydrogen-bond acceptors (Lipinski definition) is 4. The first-order chi connectivity index (χ1) is 8.83. The molecular formula is C13H7N3OS. The molecule has 3 rings (SSSR count). The zero-order valence-corrected chi connectivity index (χ0v) is 10.0. The molecule has 86 valence electrons. The van der Waals surface area contributed by atoms with Gasteiger partial charge in [0.25, 0.3) is 0 Å². The minimum absolute atomic E-state index is 0.515. The SMILES string of the molecule is N#Cc1cccc(-c2nc3sccn3c2C=O)c1. The molecule has 0 amide bonds. The van der Waals surface area contributed by atoms with E-state index in [0.29, 0.717) is 17.0 Å². The number of carbonyl (C=O) groups excluding carboxylic acids is 1. The lowest BCUT2D eigenvalue weighted by Crippen LogP contribution is -1.90. The van der Waals surface area contributed by atoms with Crippen molar-refractivity contribution in [2.75, 3.05) is 0 Å². The number of nitrogens with zero attached hydrogens (tertiary/aromatic N) is 3. The quantitative estimate of drug-likeness (QED) is 0.660. The van der Waals surface area contributed by atoms with Gasteiger partial charge < -0.3 is 0 Å². The molecule has 1 aromatic carbocycles. The summed E-state index contributed by atoms with van der Waals surface area (Å²) in [6, 6.07) is 9.18. The second-order valence-electron chi connectivity index (χ2n) is 3.71. The molecule has 0 bridgehead atoms. The van der Waals surface area contributed by atoms with Crippen molar-refractivity contribution in [2.45, 2.75) is 0 Å². The van der Waals surface area contributed by atoms with E-state index in [9.17, 15) is 4.79 Å². The van der Waals surface area contributed by atoms with Crippen molar-refractivity contribution in [3.05, 3.63) is 47.1 Å². The number of benzene rings is 1. The molecule has 18 heavy (non-hydrogen) atoms. The zero-order chi connectivity index (χ0) is 12.5. The highest BCUT2D eigenvalue weighted by Gasteiger charge is 2.14. The van der Waals surface area contributed by atoms with Crippen molar-refractivity contribution >= 4 is 22.6 Å². The van der Waals surface area contributed by atoms with Gasteiger partial charge in [-0.15, -0.1) is 11.3 Å². The Hall–Kier alpha value is -2.45.